The van der Waals surface area contributed by atoms with Crippen molar-refractivity contribution in [2.45, 2.75) is 0 Å². The van der Waals surface area contributed by atoms with Crippen LogP contribution in [-0.4, -0.2) is 9.13 Å². The van der Waals surface area contributed by atoms with Crippen LogP contribution in [0.25, 0.3) is 163 Å². The van der Waals surface area contributed by atoms with Crippen molar-refractivity contribution < 1.29 is 0 Å². The zero-order chi connectivity index (χ0) is 51.7. The average Bonchev–Trinajstić information content (AvgIpc) is 4.09. The molecule has 17 rings (SSSR count). The predicted molar refractivity (Wildman–Crippen MR) is 340 cm³/mol. The monoisotopic (exact) mass is 1020 g/mol. The number of aromatic nitrogens is 2. The van der Waals surface area contributed by atoms with Crippen molar-refractivity contribution in [3.05, 3.63) is 279 Å². The van der Waals surface area contributed by atoms with Crippen molar-refractivity contribution in [1.82, 2.24) is 9.13 Å². The molecule has 0 saturated heterocycles. The lowest BCUT2D eigenvalue weighted by Crippen LogP contribution is -1.97. The minimum atomic E-state index is 1.15. The number of thiophene rings is 1. The standard InChI is InChI=1S/C76H46N2S/c1-3-22-48(23-4-1)77-66-41-17-15-26-50(66)60-36-19-39-63(75(60)77)72-54-30-9-7-28-52(54)70(53-29-8-10-31-55(53)72)47-44-45-68-65(46-47)74-62(38-21-43-69(74)79-68)71-56-32-11-13-34-58(56)73(59-35-14-12-33-57(59)71)64-40-20-37-61-51-27-16-18-42-67(51)78(76(61)64)49-24-5-2-6-25-49/h1-46H. The Morgan fingerprint density at radius 1 is 0.228 bits per heavy atom. The molecule has 3 heterocycles. The van der Waals surface area contributed by atoms with E-state index in [1.54, 1.807) is 0 Å². The van der Waals surface area contributed by atoms with Gasteiger partial charge in [-0.3, -0.25) is 0 Å². The Labute approximate surface area is 459 Å². The Bertz CT molecular complexity index is 5250. The molecule has 3 aromatic heterocycles. The summed E-state index contributed by atoms with van der Waals surface area (Å²) < 4.78 is 7.50. The normalized spacial score (nSPS) is 12.1. The Morgan fingerprint density at radius 2 is 0.582 bits per heavy atom. The molecule has 0 amide bonds. The fourth-order valence-corrected chi connectivity index (χ4v) is 14.9. The summed E-state index contributed by atoms with van der Waals surface area (Å²) in [6, 6.07) is 104. The van der Waals surface area contributed by atoms with E-state index in [4.69, 9.17) is 0 Å². The molecule has 3 heteroatoms. The van der Waals surface area contributed by atoms with E-state index < -0.39 is 0 Å². The van der Waals surface area contributed by atoms with Gasteiger partial charge in [0, 0.05) is 64.2 Å². The maximum absolute atomic E-state index is 2.50. The molecule has 366 valence electrons. The van der Waals surface area contributed by atoms with Gasteiger partial charge in [-0.15, -0.1) is 11.3 Å². The molecule has 79 heavy (non-hydrogen) atoms. The first-order valence-corrected chi connectivity index (χ1v) is 28.1. The van der Waals surface area contributed by atoms with Crippen LogP contribution < -0.4 is 0 Å². The van der Waals surface area contributed by atoms with Crippen LogP contribution in [0.5, 0.6) is 0 Å². The highest BCUT2D eigenvalue weighted by Crippen LogP contribution is 2.52. The number of para-hydroxylation sites is 6. The van der Waals surface area contributed by atoms with E-state index in [2.05, 4.69) is 288 Å². The van der Waals surface area contributed by atoms with Gasteiger partial charge in [-0.05, 0) is 131 Å². The number of hydrogen-bond acceptors (Lipinski definition) is 1. The van der Waals surface area contributed by atoms with Crippen LogP contribution in [-0.2, 0) is 0 Å². The molecular formula is C76H46N2S. The summed E-state index contributed by atoms with van der Waals surface area (Å²) in [4.78, 5) is 0. The second kappa shape index (κ2) is 17.2. The maximum Gasteiger partial charge on any atom is 0.0619 e. The molecule has 17 aromatic rings. The van der Waals surface area contributed by atoms with Gasteiger partial charge < -0.3 is 9.13 Å². The molecule has 0 bridgehead atoms. The number of nitrogens with zero attached hydrogens (tertiary/aromatic N) is 2. The van der Waals surface area contributed by atoms with Gasteiger partial charge in [0.2, 0.25) is 0 Å². The van der Waals surface area contributed by atoms with Crippen LogP contribution in [0.4, 0.5) is 0 Å². The highest BCUT2D eigenvalue weighted by atomic mass is 32.1. The highest BCUT2D eigenvalue weighted by molar-refractivity contribution is 7.26. The van der Waals surface area contributed by atoms with E-state index in [1.807, 2.05) is 11.3 Å². The Hall–Kier alpha value is -10.1. The lowest BCUT2D eigenvalue weighted by atomic mass is 9.84. The fourth-order valence-electron chi connectivity index (χ4n) is 13.8. The molecule has 0 radical (unpaired) electrons. The van der Waals surface area contributed by atoms with Gasteiger partial charge in [0.05, 0.1) is 22.1 Å². The second-order valence-electron chi connectivity index (χ2n) is 21.0. The largest absolute Gasteiger partial charge is 0.309 e. The van der Waals surface area contributed by atoms with E-state index in [0.29, 0.717) is 0 Å². The SMILES string of the molecule is c1ccc(-n2c3ccccc3c3cccc(-c4c5ccccc5c(-c5ccc6sc7cccc(-c8c9ccccc9c(-c9cccc%10c%11ccccc%11n(-c%11ccccc%11)c9%10)c9ccccc89)c7c6c5)c5ccccc45)c32)cc1. The summed E-state index contributed by atoms with van der Waals surface area (Å²) in [6.45, 7) is 0. The van der Waals surface area contributed by atoms with E-state index in [1.165, 1.54) is 151 Å². The molecular weight excluding hydrogens is 973 g/mol. The van der Waals surface area contributed by atoms with Gasteiger partial charge in [0.15, 0.2) is 0 Å². The van der Waals surface area contributed by atoms with Crippen LogP contribution >= 0.6 is 11.3 Å². The molecule has 0 atom stereocenters. The molecule has 0 spiro atoms. The average molecular weight is 1020 g/mol. The maximum atomic E-state index is 2.50. The van der Waals surface area contributed by atoms with E-state index in [9.17, 15) is 0 Å². The summed E-state index contributed by atoms with van der Waals surface area (Å²) in [7, 11) is 0. The van der Waals surface area contributed by atoms with E-state index in [-0.39, 0.29) is 0 Å². The summed E-state index contributed by atoms with van der Waals surface area (Å²) in [5.41, 5.74) is 17.1. The highest BCUT2D eigenvalue weighted by Gasteiger charge is 2.26. The number of hydrogen-bond donors (Lipinski definition) is 0. The quantitative estimate of drug-likeness (QED) is 0.147. The smallest absolute Gasteiger partial charge is 0.0619 e. The summed E-state index contributed by atoms with van der Waals surface area (Å²) in [5, 5.41) is 17.5. The summed E-state index contributed by atoms with van der Waals surface area (Å²) >= 11 is 1.89. The summed E-state index contributed by atoms with van der Waals surface area (Å²) in [6.07, 6.45) is 0. The minimum absolute atomic E-state index is 1.15. The Balaban J connectivity index is 0.914. The van der Waals surface area contributed by atoms with Gasteiger partial charge >= 0.3 is 0 Å². The molecule has 0 saturated carbocycles. The number of rotatable bonds is 6. The molecule has 0 fully saturated rings. The van der Waals surface area contributed by atoms with Crippen molar-refractivity contribution in [2.24, 2.45) is 0 Å². The van der Waals surface area contributed by atoms with Crippen LogP contribution in [0.2, 0.25) is 0 Å². The van der Waals surface area contributed by atoms with Crippen LogP contribution in [0.15, 0.2) is 279 Å². The lowest BCUT2D eigenvalue weighted by Gasteiger charge is -2.20. The van der Waals surface area contributed by atoms with Crippen LogP contribution in [0.3, 0.4) is 0 Å². The molecule has 14 aromatic carbocycles. The van der Waals surface area contributed by atoms with Crippen LogP contribution in [0.1, 0.15) is 0 Å². The molecule has 2 nitrogen and oxygen atoms in total. The first-order chi connectivity index (χ1) is 39.3. The van der Waals surface area contributed by atoms with Gasteiger partial charge in [-0.25, -0.2) is 0 Å². The van der Waals surface area contributed by atoms with Gasteiger partial charge in [0.25, 0.3) is 0 Å². The van der Waals surface area contributed by atoms with Gasteiger partial charge in [-0.2, -0.15) is 0 Å². The third-order valence-electron chi connectivity index (χ3n) is 16.9. The molecule has 0 aliphatic heterocycles. The Morgan fingerprint density at radius 3 is 1.04 bits per heavy atom. The zero-order valence-corrected chi connectivity index (χ0v) is 43.7. The van der Waals surface area contributed by atoms with Crippen molar-refractivity contribution in [3.63, 3.8) is 0 Å². The first kappa shape index (κ1) is 44.1. The van der Waals surface area contributed by atoms with Gasteiger partial charge in [0.1, 0.15) is 0 Å². The van der Waals surface area contributed by atoms with Gasteiger partial charge in [-0.1, -0.05) is 224 Å². The summed E-state index contributed by atoms with van der Waals surface area (Å²) in [5.74, 6) is 0. The van der Waals surface area contributed by atoms with Crippen molar-refractivity contribution >= 4 is 118 Å². The topological polar surface area (TPSA) is 9.86 Å². The lowest BCUT2D eigenvalue weighted by molar-refractivity contribution is 1.18. The predicted octanol–water partition coefficient (Wildman–Crippen LogP) is 21.5. The fraction of sp³-hybridized carbons (Fsp3) is 0. The van der Waals surface area contributed by atoms with Crippen molar-refractivity contribution in [1.29, 1.82) is 0 Å². The second-order valence-corrected chi connectivity index (χ2v) is 22.0. The van der Waals surface area contributed by atoms with Crippen molar-refractivity contribution in [3.8, 4) is 55.9 Å². The molecule has 0 aliphatic rings. The van der Waals surface area contributed by atoms with E-state index in [0.717, 1.165) is 11.4 Å². The third kappa shape index (κ3) is 6.39. The molecule has 0 aliphatic carbocycles. The zero-order valence-electron chi connectivity index (χ0n) is 42.9. The molecule has 0 N–H and O–H groups in total. The Kier molecular flexibility index (Phi) is 9.62. The number of benzene rings is 14. The van der Waals surface area contributed by atoms with Crippen molar-refractivity contribution in [2.75, 3.05) is 0 Å². The number of fused-ring (bicyclic) bond motifs is 13. The first-order valence-electron chi connectivity index (χ1n) is 27.3. The third-order valence-corrected chi connectivity index (χ3v) is 18.0. The molecule has 0 unspecified atom stereocenters. The minimum Gasteiger partial charge on any atom is -0.309 e. The van der Waals surface area contributed by atoms with Crippen LogP contribution in [0, 0.1) is 0 Å². The van der Waals surface area contributed by atoms with E-state index >= 15 is 0 Å².